The van der Waals surface area contributed by atoms with Crippen LogP contribution in [0, 0.1) is 5.82 Å². The second-order valence-electron chi connectivity index (χ2n) is 3.16. The van der Waals surface area contributed by atoms with Gasteiger partial charge in [0, 0.05) is 4.90 Å². The van der Waals surface area contributed by atoms with Gasteiger partial charge in [0.2, 0.25) is 0 Å². The number of hydrogen-bond donors (Lipinski definition) is 2. The lowest BCUT2D eigenvalue weighted by Crippen LogP contribution is -2.14. The number of carboxylic acids is 1. The molecule has 0 saturated heterocycles. The molecular formula is C10H11ClFNO2S. The van der Waals surface area contributed by atoms with Crippen molar-refractivity contribution in [3.63, 3.8) is 0 Å². The lowest BCUT2D eigenvalue weighted by Gasteiger charge is -2.11. The van der Waals surface area contributed by atoms with Crippen molar-refractivity contribution in [3.8, 4) is 0 Å². The normalized spacial score (nSPS) is 12.4. The average molecular weight is 264 g/mol. The largest absolute Gasteiger partial charge is 0.480 e. The number of nitrogen functional groups attached to an aromatic ring is 1. The number of benzene rings is 1. The molecule has 3 nitrogen and oxygen atoms in total. The van der Waals surface area contributed by atoms with Crippen LogP contribution < -0.4 is 5.73 Å². The third-order valence-electron chi connectivity index (χ3n) is 1.97. The Morgan fingerprint density at radius 3 is 2.81 bits per heavy atom. The molecule has 1 rings (SSSR count). The van der Waals surface area contributed by atoms with Gasteiger partial charge in [-0.1, -0.05) is 18.5 Å². The van der Waals surface area contributed by atoms with Gasteiger partial charge in [0.25, 0.3) is 0 Å². The third kappa shape index (κ3) is 3.02. The molecule has 0 aliphatic carbocycles. The Kier molecular flexibility index (Phi) is 4.44. The third-order valence-corrected chi connectivity index (χ3v) is 3.80. The van der Waals surface area contributed by atoms with E-state index in [1.807, 2.05) is 0 Å². The van der Waals surface area contributed by atoms with Gasteiger partial charge in [0.1, 0.15) is 11.1 Å². The molecule has 0 heterocycles. The van der Waals surface area contributed by atoms with Crippen molar-refractivity contribution in [1.82, 2.24) is 0 Å². The smallest absolute Gasteiger partial charge is 0.316 e. The minimum absolute atomic E-state index is 0.0351. The van der Waals surface area contributed by atoms with Gasteiger partial charge >= 0.3 is 5.97 Å². The maximum atomic E-state index is 13.0. The molecule has 3 N–H and O–H groups in total. The van der Waals surface area contributed by atoms with E-state index in [-0.39, 0.29) is 10.7 Å². The van der Waals surface area contributed by atoms with Crippen molar-refractivity contribution in [2.24, 2.45) is 0 Å². The highest BCUT2D eigenvalue weighted by Gasteiger charge is 2.18. The van der Waals surface area contributed by atoms with Crippen LogP contribution in [0.1, 0.15) is 13.3 Å². The SMILES string of the molecule is CCC(Sc1cc(N)c(F)cc1Cl)C(=O)O. The zero-order chi connectivity index (χ0) is 12.3. The van der Waals surface area contributed by atoms with Crippen LogP contribution in [0.3, 0.4) is 0 Å². The van der Waals surface area contributed by atoms with Crippen LogP contribution in [0.15, 0.2) is 17.0 Å². The Balaban J connectivity index is 2.96. The maximum absolute atomic E-state index is 13.0. The first kappa shape index (κ1) is 13.1. The summed E-state index contributed by atoms with van der Waals surface area (Å²) in [6, 6.07) is 2.45. The molecule has 1 unspecified atom stereocenters. The topological polar surface area (TPSA) is 63.3 Å². The van der Waals surface area contributed by atoms with E-state index in [2.05, 4.69) is 0 Å². The number of carbonyl (C=O) groups is 1. The fourth-order valence-electron chi connectivity index (χ4n) is 1.10. The number of carboxylic acid groups (broad SMARTS) is 1. The van der Waals surface area contributed by atoms with E-state index in [9.17, 15) is 9.18 Å². The summed E-state index contributed by atoms with van der Waals surface area (Å²) in [4.78, 5) is 11.3. The number of hydrogen-bond acceptors (Lipinski definition) is 3. The summed E-state index contributed by atoms with van der Waals surface area (Å²) in [6.45, 7) is 1.76. The van der Waals surface area contributed by atoms with Crippen LogP contribution in [-0.2, 0) is 4.79 Å². The molecule has 0 fully saturated rings. The van der Waals surface area contributed by atoms with Crippen LogP contribution in [0.25, 0.3) is 0 Å². The van der Waals surface area contributed by atoms with Gasteiger partial charge in [-0.05, 0) is 18.6 Å². The molecule has 0 aromatic heterocycles. The average Bonchev–Trinajstić information content (AvgIpc) is 2.21. The lowest BCUT2D eigenvalue weighted by molar-refractivity contribution is -0.136. The van der Waals surface area contributed by atoms with Gasteiger partial charge in [-0.3, -0.25) is 4.79 Å². The summed E-state index contributed by atoms with van der Waals surface area (Å²) >= 11 is 6.87. The van der Waals surface area contributed by atoms with Crippen LogP contribution in [0.4, 0.5) is 10.1 Å². The molecule has 88 valence electrons. The summed E-state index contributed by atoms with van der Waals surface area (Å²) in [5.41, 5.74) is 5.35. The van der Waals surface area contributed by atoms with Gasteiger partial charge in [0.15, 0.2) is 0 Å². The molecule has 0 saturated carbocycles. The van der Waals surface area contributed by atoms with E-state index >= 15 is 0 Å². The van der Waals surface area contributed by atoms with Gasteiger partial charge in [0.05, 0.1) is 10.7 Å². The molecule has 0 amide bonds. The Hall–Kier alpha value is -0.940. The first-order valence-electron chi connectivity index (χ1n) is 4.59. The minimum atomic E-state index is -0.925. The first-order chi connectivity index (χ1) is 7.45. The highest BCUT2D eigenvalue weighted by Crippen LogP contribution is 2.34. The quantitative estimate of drug-likeness (QED) is 0.647. The van der Waals surface area contributed by atoms with Gasteiger partial charge < -0.3 is 10.8 Å². The fourth-order valence-corrected chi connectivity index (χ4v) is 2.32. The highest BCUT2D eigenvalue weighted by atomic mass is 35.5. The molecule has 0 aliphatic heterocycles. The number of aliphatic carboxylic acids is 1. The Bertz CT molecular complexity index is 414. The van der Waals surface area contributed by atoms with Crippen LogP contribution >= 0.6 is 23.4 Å². The highest BCUT2D eigenvalue weighted by molar-refractivity contribution is 8.00. The standard InChI is InChI=1S/C10H11ClFNO2S/c1-2-8(10(14)15)16-9-4-7(13)6(12)3-5(9)11/h3-4,8H,2,13H2,1H3,(H,14,15). The van der Waals surface area contributed by atoms with Gasteiger partial charge in [-0.2, -0.15) is 0 Å². The van der Waals surface area contributed by atoms with Crippen molar-refractivity contribution in [3.05, 3.63) is 23.0 Å². The Morgan fingerprint density at radius 1 is 1.69 bits per heavy atom. The van der Waals surface area contributed by atoms with E-state index in [0.29, 0.717) is 11.3 Å². The van der Waals surface area contributed by atoms with Gasteiger partial charge in [-0.25, -0.2) is 4.39 Å². The van der Waals surface area contributed by atoms with E-state index in [4.69, 9.17) is 22.4 Å². The molecule has 1 aromatic carbocycles. The van der Waals surface area contributed by atoms with E-state index in [1.54, 1.807) is 6.92 Å². The lowest BCUT2D eigenvalue weighted by atomic mass is 10.3. The number of anilines is 1. The Labute approximate surface area is 102 Å². The number of nitrogens with two attached hydrogens (primary N) is 1. The monoisotopic (exact) mass is 263 g/mol. The first-order valence-corrected chi connectivity index (χ1v) is 5.85. The minimum Gasteiger partial charge on any atom is -0.480 e. The van der Waals surface area contributed by atoms with Crippen molar-refractivity contribution in [2.45, 2.75) is 23.5 Å². The van der Waals surface area contributed by atoms with Crippen LogP contribution in [0.5, 0.6) is 0 Å². The second-order valence-corrected chi connectivity index (χ2v) is 4.81. The molecule has 16 heavy (non-hydrogen) atoms. The molecule has 0 aliphatic rings. The van der Waals surface area contributed by atoms with Crippen molar-refractivity contribution in [2.75, 3.05) is 5.73 Å². The number of thioether (sulfide) groups is 1. The molecule has 1 atom stereocenters. The second kappa shape index (κ2) is 5.41. The fraction of sp³-hybridized carbons (Fsp3) is 0.300. The number of halogens is 2. The van der Waals surface area contributed by atoms with Crippen LogP contribution in [0.2, 0.25) is 5.02 Å². The summed E-state index contributed by atoms with van der Waals surface area (Å²) in [5, 5.41) is 8.45. The predicted molar refractivity (Wildman–Crippen MR) is 63.4 cm³/mol. The molecular weight excluding hydrogens is 253 g/mol. The van der Waals surface area contributed by atoms with Crippen LogP contribution in [-0.4, -0.2) is 16.3 Å². The summed E-state index contributed by atoms with van der Waals surface area (Å²) in [5.74, 6) is -1.52. The van der Waals surface area contributed by atoms with E-state index in [0.717, 1.165) is 17.8 Å². The molecule has 0 spiro atoms. The van der Waals surface area contributed by atoms with E-state index in [1.165, 1.54) is 6.07 Å². The van der Waals surface area contributed by atoms with Crippen molar-refractivity contribution >= 4 is 35.0 Å². The summed E-state index contributed by atoms with van der Waals surface area (Å²) in [7, 11) is 0. The predicted octanol–water partition coefficient (Wildman–Crippen LogP) is 3.02. The van der Waals surface area contributed by atoms with E-state index < -0.39 is 17.0 Å². The number of rotatable bonds is 4. The zero-order valence-corrected chi connectivity index (χ0v) is 10.1. The van der Waals surface area contributed by atoms with Crippen molar-refractivity contribution < 1.29 is 14.3 Å². The molecule has 6 heteroatoms. The summed E-state index contributed by atoms with van der Waals surface area (Å²) < 4.78 is 13.0. The molecule has 0 radical (unpaired) electrons. The maximum Gasteiger partial charge on any atom is 0.316 e. The molecule has 0 bridgehead atoms. The van der Waals surface area contributed by atoms with Crippen molar-refractivity contribution in [1.29, 1.82) is 0 Å². The molecule has 1 aromatic rings. The summed E-state index contributed by atoms with van der Waals surface area (Å²) in [6.07, 6.45) is 0.452. The zero-order valence-electron chi connectivity index (χ0n) is 8.54. The Morgan fingerprint density at radius 2 is 2.31 bits per heavy atom. The van der Waals surface area contributed by atoms with Gasteiger partial charge in [-0.15, -0.1) is 11.8 Å².